The standard InChI is InChI=1S/C29H29N3O5/c1-19(2)26(28(35)30-21-13-15-22(37-3)16-14-21)32(17-20-9-5-4-6-10-20)25(33)18-31-24-12-8-7-11-23(24)27(34)29(31)36/h4-16,19,26H,17-18H2,1-3H3,(H,30,35). The molecule has 1 N–H and O–H groups in total. The Hall–Kier alpha value is -4.46. The maximum Gasteiger partial charge on any atom is 0.299 e. The lowest BCUT2D eigenvalue weighted by atomic mass is 10.00. The Balaban J connectivity index is 1.63. The molecule has 0 saturated carbocycles. The number of hydrogen-bond acceptors (Lipinski definition) is 5. The van der Waals surface area contributed by atoms with Crippen molar-refractivity contribution in [3.63, 3.8) is 0 Å². The van der Waals surface area contributed by atoms with Crippen molar-refractivity contribution in [2.45, 2.75) is 26.4 Å². The fourth-order valence-electron chi connectivity index (χ4n) is 4.45. The zero-order valence-electron chi connectivity index (χ0n) is 21.0. The number of Topliss-reactive ketones (excluding diaryl/α,β-unsaturated/α-hetero) is 1. The van der Waals surface area contributed by atoms with Gasteiger partial charge in [-0.05, 0) is 47.9 Å². The van der Waals surface area contributed by atoms with Crippen molar-refractivity contribution in [2.24, 2.45) is 5.92 Å². The monoisotopic (exact) mass is 499 g/mol. The molecule has 0 aromatic heterocycles. The smallest absolute Gasteiger partial charge is 0.299 e. The summed E-state index contributed by atoms with van der Waals surface area (Å²) in [6, 6.07) is 22.0. The van der Waals surface area contributed by atoms with Crippen LogP contribution in [0, 0.1) is 5.92 Å². The molecule has 0 radical (unpaired) electrons. The van der Waals surface area contributed by atoms with Crippen LogP contribution >= 0.6 is 0 Å². The third-order valence-corrected chi connectivity index (χ3v) is 6.28. The minimum Gasteiger partial charge on any atom is -0.497 e. The number of fused-ring (bicyclic) bond motifs is 1. The van der Waals surface area contributed by atoms with Crippen molar-refractivity contribution in [1.82, 2.24) is 4.90 Å². The summed E-state index contributed by atoms with van der Waals surface area (Å²) in [6.45, 7) is 3.54. The lowest BCUT2D eigenvalue weighted by molar-refractivity contribution is -0.140. The second-order valence-corrected chi connectivity index (χ2v) is 9.15. The largest absolute Gasteiger partial charge is 0.497 e. The van der Waals surface area contributed by atoms with Gasteiger partial charge < -0.3 is 15.0 Å². The average molecular weight is 500 g/mol. The molecule has 0 spiro atoms. The number of anilines is 2. The molecule has 0 saturated heterocycles. The maximum absolute atomic E-state index is 13.8. The number of benzene rings is 3. The first-order valence-corrected chi connectivity index (χ1v) is 12.0. The number of nitrogens with one attached hydrogen (secondary N) is 1. The number of methoxy groups -OCH3 is 1. The summed E-state index contributed by atoms with van der Waals surface area (Å²) in [4.78, 5) is 55.2. The van der Waals surface area contributed by atoms with Crippen LogP contribution in [-0.4, -0.2) is 48.1 Å². The summed E-state index contributed by atoms with van der Waals surface area (Å²) < 4.78 is 5.18. The van der Waals surface area contributed by atoms with E-state index in [1.807, 2.05) is 44.2 Å². The summed E-state index contributed by atoms with van der Waals surface area (Å²) in [6.07, 6.45) is 0. The predicted octanol–water partition coefficient (Wildman–Crippen LogP) is 3.92. The highest BCUT2D eigenvalue weighted by molar-refractivity contribution is 6.52. The van der Waals surface area contributed by atoms with E-state index in [1.165, 1.54) is 9.80 Å². The van der Waals surface area contributed by atoms with Gasteiger partial charge in [0.15, 0.2) is 0 Å². The SMILES string of the molecule is COc1ccc(NC(=O)C(C(C)C)N(Cc2ccccc2)C(=O)CN2C(=O)C(=O)c3ccccc32)cc1. The van der Waals surface area contributed by atoms with Crippen LogP contribution in [0.1, 0.15) is 29.8 Å². The summed E-state index contributed by atoms with van der Waals surface area (Å²) in [7, 11) is 1.56. The van der Waals surface area contributed by atoms with Crippen LogP contribution in [0.4, 0.5) is 11.4 Å². The van der Waals surface area contributed by atoms with Crippen molar-refractivity contribution in [2.75, 3.05) is 23.9 Å². The van der Waals surface area contributed by atoms with Crippen molar-refractivity contribution < 1.29 is 23.9 Å². The van der Waals surface area contributed by atoms with Gasteiger partial charge in [-0.2, -0.15) is 0 Å². The normalized spacial score (nSPS) is 13.4. The zero-order valence-corrected chi connectivity index (χ0v) is 21.0. The first kappa shape index (κ1) is 25.6. The van der Waals surface area contributed by atoms with Crippen molar-refractivity contribution >= 4 is 34.9 Å². The maximum atomic E-state index is 13.8. The van der Waals surface area contributed by atoms with Gasteiger partial charge in [0, 0.05) is 12.2 Å². The number of amides is 3. The van der Waals surface area contributed by atoms with Crippen LogP contribution in [0.25, 0.3) is 0 Å². The van der Waals surface area contributed by atoms with Crippen molar-refractivity contribution in [1.29, 1.82) is 0 Å². The Morgan fingerprint density at radius 1 is 0.919 bits per heavy atom. The number of ether oxygens (including phenoxy) is 1. The Kier molecular flexibility index (Phi) is 7.67. The molecule has 0 fully saturated rings. The Morgan fingerprint density at radius 2 is 1.57 bits per heavy atom. The number of para-hydroxylation sites is 1. The highest BCUT2D eigenvalue weighted by atomic mass is 16.5. The summed E-state index contributed by atoms with van der Waals surface area (Å²) in [5.41, 5.74) is 2.07. The lowest BCUT2D eigenvalue weighted by Crippen LogP contribution is -2.53. The van der Waals surface area contributed by atoms with Gasteiger partial charge >= 0.3 is 0 Å². The lowest BCUT2D eigenvalue weighted by Gasteiger charge is -2.34. The average Bonchev–Trinajstić information content (AvgIpc) is 3.14. The number of rotatable bonds is 9. The molecule has 1 unspecified atom stereocenters. The van der Waals surface area contributed by atoms with Crippen LogP contribution in [0.3, 0.4) is 0 Å². The highest BCUT2D eigenvalue weighted by Gasteiger charge is 2.39. The van der Waals surface area contributed by atoms with E-state index < -0.39 is 23.6 Å². The predicted molar refractivity (Wildman–Crippen MR) is 140 cm³/mol. The van der Waals surface area contributed by atoms with E-state index in [-0.39, 0.29) is 30.5 Å². The van der Waals surface area contributed by atoms with E-state index in [0.717, 1.165) is 5.56 Å². The number of carbonyl (C=O) groups excluding carboxylic acids is 4. The molecule has 3 amide bonds. The van der Waals surface area contributed by atoms with E-state index in [0.29, 0.717) is 17.1 Å². The van der Waals surface area contributed by atoms with Gasteiger partial charge in [-0.3, -0.25) is 24.1 Å². The third-order valence-electron chi connectivity index (χ3n) is 6.28. The second kappa shape index (κ2) is 11.1. The van der Waals surface area contributed by atoms with Crippen LogP contribution < -0.4 is 15.0 Å². The molecule has 8 heteroatoms. The molecule has 8 nitrogen and oxygen atoms in total. The molecule has 4 rings (SSSR count). The first-order valence-electron chi connectivity index (χ1n) is 12.0. The van der Waals surface area contributed by atoms with Crippen LogP contribution in [0.2, 0.25) is 0 Å². The van der Waals surface area contributed by atoms with Gasteiger partial charge in [-0.15, -0.1) is 0 Å². The number of hydrogen-bond donors (Lipinski definition) is 1. The second-order valence-electron chi connectivity index (χ2n) is 9.15. The summed E-state index contributed by atoms with van der Waals surface area (Å²) in [5, 5.41) is 2.90. The van der Waals surface area contributed by atoms with Crippen molar-refractivity contribution in [3.8, 4) is 5.75 Å². The van der Waals surface area contributed by atoms with Gasteiger partial charge in [0.2, 0.25) is 11.8 Å². The van der Waals surface area contributed by atoms with E-state index in [9.17, 15) is 19.2 Å². The van der Waals surface area contributed by atoms with E-state index in [2.05, 4.69) is 5.32 Å². The molecule has 0 aliphatic carbocycles. The minimum absolute atomic E-state index is 0.163. The minimum atomic E-state index is -0.835. The Bertz CT molecular complexity index is 1300. The number of nitrogens with zero attached hydrogens (tertiary/aromatic N) is 2. The fraction of sp³-hybridized carbons (Fsp3) is 0.241. The fourth-order valence-corrected chi connectivity index (χ4v) is 4.45. The van der Waals surface area contributed by atoms with Gasteiger partial charge in [-0.25, -0.2) is 0 Å². The summed E-state index contributed by atoms with van der Waals surface area (Å²) in [5.74, 6) is -1.77. The van der Waals surface area contributed by atoms with Gasteiger partial charge in [0.05, 0.1) is 18.4 Å². The first-order chi connectivity index (χ1) is 17.8. The highest BCUT2D eigenvalue weighted by Crippen LogP contribution is 2.29. The molecule has 1 heterocycles. The Labute approximate surface area is 215 Å². The zero-order chi connectivity index (χ0) is 26.5. The molecular formula is C29H29N3O5. The Morgan fingerprint density at radius 3 is 2.22 bits per heavy atom. The molecular weight excluding hydrogens is 470 g/mol. The molecule has 1 atom stereocenters. The van der Waals surface area contributed by atoms with E-state index in [4.69, 9.17) is 4.74 Å². The summed E-state index contributed by atoms with van der Waals surface area (Å²) >= 11 is 0. The third kappa shape index (κ3) is 5.53. The van der Waals surface area contributed by atoms with Gasteiger partial charge in [-0.1, -0.05) is 56.3 Å². The molecule has 190 valence electrons. The number of carbonyl (C=O) groups is 4. The van der Waals surface area contributed by atoms with Crippen molar-refractivity contribution in [3.05, 3.63) is 90.0 Å². The molecule has 3 aromatic carbocycles. The van der Waals surface area contributed by atoms with Crippen LogP contribution in [0.15, 0.2) is 78.9 Å². The number of ketones is 1. The molecule has 1 aliphatic rings. The molecule has 3 aromatic rings. The van der Waals surface area contributed by atoms with E-state index >= 15 is 0 Å². The quantitative estimate of drug-likeness (QED) is 0.450. The van der Waals surface area contributed by atoms with Gasteiger partial charge in [0.25, 0.3) is 11.7 Å². The molecule has 37 heavy (non-hydrogen) atoms. The van der Waals surface area contributed by atoms with E-state index in [1.54, 1.807) is 55.6 Å². The topological polar surface area (TPSA) is 96.0 Å². The molecule has 0 bridgehead atoms. The van der Waals surface area contributed by atoms with Gasteiger partial charge in [0.1, 0.15) is 18.3 Å². The van der Waals surface area contributed by atoms with Crippen LogP contribution in [-0.2, 0) is 20.9 Å². The molecule has 1 aliphatic heterocycles. The van der Waals surface area contributed by atoms with Crippen LogP contribution in [0.5, 0.6) is 5.75 Å².